The van der Waals surface area contributed by atoms with Crippen LogP contribution in [-0.2, 0) is 0 Å². The first-order valence-corrected chi connectivity index (χ1v) is 4.15. The maximum Gasteiger partial charge on any atom is 0.139 e. The van der Waals surface area contributed by atoms with Crippen LogP contribution in [0, 0.1) is 0 Å². The zero-order valence-electron chi connectivity index (χ0n) is 6.58. The van der Waals surface area contributed by atoms with E-state index in [0.717, 1.165) is 4.47 Å². The lowest BCUT2D eigenvalue weighted by Crippen LogP contribution is -1.94. The van der Waals surface area contributed by atoms with E-state index in [1.807, 2.05) is 0 Å². The summed E-state index contributed by atoms with van der Waals surface area (Å²) in [4.78, 5) is 3.82. The second-order valence-electron chi connectivity index (χ2n) is 2.28. The molecule has 0 saturated heterocycles. The number of anilines is 1. The van der Waals surface area contributed by atoms with Crippen LogP contribution in [-0.4, -0.2) is 18.4 Å². The van der Waals surface area contributed by atoms with Crippen LogP contribution in [0.25, 0.3) is 0 Å². The number of hydrogen-bond donors (Lipinski definition) is 2. The Labute approximate surface area is 79.1 Å². The van der Waals surface area contributed by atoms with Crippen LogP contribution < -0.4 is 5.73 Å². The predicted octanol–water partition coefficient (Wildman–Crippen LogP) is 1.79. The van der Waals surface area contributed by atoms with E-state index >= 15 is 0 Å². The number of hydrogen-bond acceptors (Lipinski definition) is 3. The Hall–Kier alpha value is -1.03. The lowest BCUT2D eigenvalue weighted by molar-refractivity contribution is 0.478. The fourth-order valence-corrected chi connectivity index (χ4v) is 1.31. The van der Waals surface area contributed by atoms with Crippen molar-refractivity contribution in [3.8, 4) is 5.75 Å². The van der Waals surface area contributed by atoms with Gasteiger partial charge in [0.2, 0.25) is 0 Å². The highest BCUT2D eigenvalue weighted by atomic mass is 79.9. The second kappa shape index (κ2) is 3.58. The van der Waals surface area contributed by atoms with Crippen molar-refractivity contribution in [3.05, 3.63) is 22.2 Å². The molecule has 0 bridgehead atoms. The monoisotopic (exact) mass is 228 g/mol. The van der Waals surface area contributed by atoms with Gasteiger partial charge in [0.05, 0.1) is 5.69 Å². The van der Waals surface area contributed by atoms with Gasteiger partial charge >= 0.3 is 0 Å². The van der Waals surface area contributed by atoms with E-state index < -0.39 is 0 Å². The molecule has 0 heterocycles. The summed E-state index contributed by atoms with van der Waals surface area (Å²) in [5, 5.41) is 9.24. The molecule has 0 fully saturated rings. The Morgan fingerprint density at radius 2 is 2.25 bits per heavy atom. The van der Waals surface area contributed by atoms with Crippen molar-refractivity contribution in [2.45, 2.75) is 0 Å². The normalized spacial score (nSPS) is 10.8. The summed E-state index contributed by atoms with van der Waals surface area (Å²) in [5.74, 6) is 0.0769. The van der Waals surface area contributed by atoms with Gasteiger partial charge in [-0.05, 0) is 12.1 Å². The van der Waals surface area contributed by atoms with Gasteiger partial charge in [-0.15, -0.1) is 0 Å². The highest BCUT2D eigenvalue weighted by molar-refractivity contribution is 9.10. The molecular formula is C8H9BrN2O. The van der Waals surface area contributed by atoms with Crippen molar-refractivity contribution in [2.75, 3.05) is 12.8 Å². The molecule has 3 N–H and O–H groups in total. The Bertz CT molecular complexity index is 323. The van der Waals surface area contributed by atoms with Gasteiger partial charge in [0.1, 0.15) is 5.75 Å². The van der Waals surface area contributed by atoms with Crippen molar-refractivity contribution in [3.63, 3.8) is 0 Å². The maximum atomic E-state index is 9.24. The smallest absolute Gasteiger partial charge is 0.139 e. The Morgan fingerprint density at radius 1 is 1.58 bits per heavy atom. The van der Waals surface area contributed by atoms with E-state index in [-0.39, 0.29) is 5.75 Å². The van der Waals surface area contributed by atoms with Crippen LogP contribution in [0.3, 0.4) is 0 Å². The van der Waals surface area contributed by atoms with Crippen LogP contribution in [0.5, 0.6) is 5.75 Å². The van der Waals surface area contributed by atoms with Gasteiger partial charge in [-0.1, -0.05) is 15.9 Å². The molecule has 1 aromatic carbocycles. The van der Waals surface area contributed by atoms with Gasteiger partial charge in [-0.25, -0.2) is 0 Å². The van der Waals surface area contributed by atoms with Gasteiger partial charge in [0, 0.05) is 23.3 Å². The molecule has 0 aliphatic heterocycles. The molecule has 0 aliphatic rings. The van der Waals surface area contributed by atoms with Crippen molar-refractivity contribution in [1.29, 1.82) is 0 Å². The van der Waals surface area contributed by atoms with E-state index in [1.165, 1.54) is 6.07 Å². The number of aliphatic imine (C=N–C) groups is 1. The van der Waals surface area contributed by atoms with Crippen LogP contribution in [0.2, 0.25) is 0 Å². The summed E-state index contributed by atoms with van der Waals surface area (Å²) in [6.45, 7) is 0. The third-order valence-electron chi connectivity index (χ3n) is 1.47. The molecule has 1 rings (SSSR count). The van der Waals surface area contributed by atoms with Crippen molar-refractivity contribution >= 4 is 27.8 Å². The number of nitrogens with zero attached hydrogens (tertiary/aromatic N) is 1. The molecule has 0 atom stereocenters. The van der Waals surface area contributed by atoms with Gasteiger partial charge in [0.25, 0.3) is 0 Å². The Balaban J connectivity index is 3.32. The van der Waals surface area contributed by atoms with Crippen LogP contribution in [0.4, 0.5) is 5.69 Å². The zero-order valence-corrected chi connectivity index (χ0v) is 8.17. The van der Waals surface area contributed by atoms with E-state index in [1.54, 1.807) is 19.3 Å². The number of nitrogens with two attached hydrogens (primary N) is 1. The highest BCUT2D eigenvalue weighted by Gasteiger charge is 2.05. The SMILES string of the molecule is CN=Cc1c(Br)ccc(O)c1N. The van der Waals surface area contributed by atoms with Gasteiger partial charge in [0.15, 0.2) is 0 Å². The fraction of sp³-hybridized carbons (Fsp3) is 0.125. The lowest BCUT2D eigenvalue weighted by atomic mass is 10.2. The van der Waals surface area contributed by atoms with Crippen molar-refractivity contribution in [1.82, 2.24) is 0 Å². The number of phenolic OH excluding ortho intramolecular Hbond substituents is 1. The van der Waals surface area contributed by atoms with Crippen LogP contribution in [0.15, 0.2) is 21.6 Å². The molecule has 0 saturated carbocycles. The molecule has 12 heavy (non-hydrogen) atoms. The van der Waals surface area contributed by atoms with E-state index in [2.05, 4.69) is 20.9 Å². The summed E-state index contributed by atoms with van der Waals surface area (Å²) < 4.78 is 0.823. The first-order chi connectivity index (χ1) is 5.66. The van der Waals surface area contributed by atoms with Crippen LogP contribution >= 0.6 is 15.9 Å². The summed E-state index contributed by atoms with van der Waals surface area (Å²) in [6, 6.07) is 3.26. The third-order valence-corrected chi connectivity index (χ3v) is 2.16. The number of rotatable bonds is 1. The standard InChI is InChI=1S/C8H9BrN2O/c1-11-4-5-6(9)2-3-7(12)8(5)10/h2-4,12H,10H2,1H3. The summed E-state index contributed by atoms with van der Waals surface area (Å²) in [5.41, 5.74) is 6.65. The summed E-state index contributed by atoms with van der Waals surface area (Å²) >= 11 is 3.30. The minimum Gasteiger partial charge on any atom is -0.506 e. The number of nitrogen functional groups attached to an aromatic ring is 1. The quantitative estimate of drug-likeness (QED) is 0.438. The summed E-state index contributed by atoms with van der Waals surface area (Å²) in [7, 11) is 1.65. The number of phenols is 1. The average Bonchev–Trinajstić information content (AvgIpc) is 2.06. The highest BCUT2D eigenvalue weighted by Crippen LogP contribution is 2.28. The minimum atomic E-state index is 0.0769. The molecule has 0 aliphatic carbocycles. The molecular weight excluding hydrogens is 220 g/mol. The topological polar surface area (TPSA) is 58.6 Å². The number of halogens is 1. The van der Waals surface area contributed by atoms with Gasteiger partial charge in [-0.3, -0.25) is 4.99 Å². The first kappa shape index (κ1) is 9.06. The minimum absolute atomic E-state index is 0.0769. The molecule has 4 heteroatoms. The molecule has 64 valence electrons. The first-order valence-electron chi connectivity index (χ1n) is 3.36. The lowest BCUT2D eigenvalue weighted by Gasteiger charge is -2.04. The predicted molar refractivity (Wildman–Crippen MR) is 53.7 cm³/mol. The second-order valence-corrected chi connectivity index (χ2v) is 3.14. The fourth-order valence-electron chi connectivity index (χ4n) is 0.859. The molecule has 0 spiro atoms. The maximum absolute atomic E-state index is 9.24. The van der Waals surface area contributed by atoms with Gasteiger partial charge in [-0.2, -0.15) is 0 Å². The molecule has 3 nitrogen and oxygen atoms in total. The summed E-state index contributed by atoms with van der Waals surface area (Å²) in [6.07, 6.45) is 1.60. The van der Waals surface area contributed by atoms with E-state index in [0.29, 0.717) is 11.3 Å². The van der Waals surface area contributed by atoms with Gasteiger partial charge < -0.3 is 10.8 Å². The molecule has 0 radical (unpaired) electrons. The third kappa shape index (κ3) is 1.58. The van der Waals surface area contributed by atoms with Crippen molar-refractivity contribution in [2.24, 2.45) is 4.99 Å². The van der Waals surface area contributed by atoms with E-state index in [9.17, 15) is 5.11 Å². The molecule has 0 aromatic heterocycles. The Kier molecular flexibility index (Phi) is 2.70. The molecule has 0 amide bonds. The van der Waals surface area contributed by atoms with Crippen molar-refractivity contribution < 1.29 is 5.11 Å². The van der Waals surface area contributed by atoms with Crippen LogP contribution in [0.1, 0.15) is 5.56 Å². The van der Waals surface area contributed by atoms with E-state index in [4.69, 9.17) is 5.73 Å². The number of benzene rings is 1. The zero-order chi connectivity index (χ0) is 9.14. The Morgan fingerprint density at radius 3 is 2.83 bits per heavy atom. The molecule has 1 aromatic rings. The largest absolute Gasteiger partial charge is 0.506 e. The molecule has 0 unspecified atom stereocenters. The number of aromatic hydroxyl groups is 1. The average molecular weight is 229 g/mol.